The standard InChI is InChI=1S/C7H11N7/c1-5(8)2-10-6-3-9-4-7-11-12-13-14(6)7/h3-5,10H,2,8H2,1H3. The van der Waals surface area contributed by atoms with Crippen molar-refractivity contribution in [3.63, 3.8) is 0 Å². The number of rotatable bonds is 3. The number of fused-ring (bicyclic) bond motifs is 1. The summed E-state index contributed by atoms with van der Waals surface area (Å²) >= 11 is 0. The van der Waals surface area contributed by atoms with Gasteiger partial charge in [-0.15, -0.1) is 5.10 Å². The predicted octanol–water partition coefficient (Wildman–Crippen LogP) is -0.722. The van der Waals surface area contributed by atoms with Crippen LogP contribution in [0.2, 0.25) is 0 Å². The second-order valence-electron chi connectivity index (χ2n) is 3.10. The molecule has 2 rings (SSSR count). The van der Waals surface area contributed by atoms with Crippen LogP contribution in [0.25, 0.3) is 5.65 Å². The van der Waals surface area contributed by atoms with Crippen LogP contribution in [0.3, 0.4) is 0 Å². The van der Waals surface area contributed by atoms with E-state index in [4.69, 9.17) is 5.73 Å². The lowest BCUT2D eigenvalue weighted by Gasteiger charge is -2.08. The van der Waals surface area contributed by atoms with Crippen LogP contribution < -0.4 is 11.1 Å². The van der Waals surface area contributed by atoms with Crippen LogP contribution in [0.5, 0.6) is 0 Å². The predicted molar refractivity (Wildman–Crippen MR) is 50.7 cm³/mol. The van der Waals surface area contributed by atoms with E-state index in [1.54, 1.807) is 16.9 Å². The van der Waals surface area contributed by atoms with Crippen molar-refractivity contribution >= 4 is 11.5 Å². The third kappa shape index (κ3) is 1.62. The molecule has 0 spiro atoms. The molecule has 2 aromatic heterocycles. The summed E-state index contributed by atoms with van der Waals surface area (Å²) in [7, 11) is 0. The van der Waals surface area contributed by atoms with E-state index in [1.165, 1.54) is 0 Å². The highest BCUT2D eigenvalue weighted by molar-refractivity contribution is 5.43. The largest absolute Gasteiger partial charge is 0.367 e. The molecule has 14 heavy (non-hydrogen) atoms. The topological polar surface area (TPSA) is 94.0 Å². The lowest BCUT2D eigenvalue weighted by atomic mass is 10.4. The number of anilines is 1. The Morgan fingerprint density at radius 1 is 1.57 bits per heavy atom. The molecular formula is C7H11N7. The molecule has 0 saturated carbocycles. The first-order valence-electron chi connectivity index (χ1n) is 4.29. The van der Waals surface area contributed by atoms with E-state index < -0.39 is 0 Å². The van der Waals surface area contributed by atoms with Gasteiger partial charge in [0.2, 0.25) is 0 Å². The summed E-state index contributed by atoms with van der Waals surface area (Å²) in [5.41, 5.74) is 6.23. The van der Waals surface area contributed by atoms with Crippen LogP contribution in [0, 0.1) is 0 Å². The van der Waals surface area contributed by atoms with Crippen LogP contribution in [-0.2, 0) is 0 Å². The molecular weight excluding hydrogens is 182 g/mol. The molecule has 7 nitrogen and oxygen atoms in total. The molecule has 3 N–H and O–H groups in total. The van der Waals surface area contributed by atoms with Crippen LogP contribution in [0.4, 0.5) is 5.82 Å². The van der Waals surface area contributed by atoms with Gasteiger partial charge < -0.3 is 11.1 Å². The lowest BCUT2D eigenvalue weighted by molar-refractivity contribution is 0.762. The Kier molecular flexibility index (Phi) is 2.23. The van der Waals surface area contributed by atoms with Crippen LogP contribution in [0.15, 0.2) is 12.4 Å². The maximum atomic E-state index is 5.62. The maximum Gasteiger partial charge on any atom is 0.199 e. The highest BCUT2D eigenvalue weighted by Crippen LogP contribution is 2.04. The van der Waals surface area contributed by atoms with Gasteiger partial charge in [0, 0.05) is 12.6 Å². The fraction of sp³-hybridized carbons (Fsp3) is 0.429. The Bertz CT molecular complexity index is 421. The minimum absolute atomic E-state index is 0.0711. The van der Waals surface area contributed by atoms with Crippen LogP contribution in [-0.4, -0.2) is 37.6 Å². The van der Waals surface area contributed by atoms with Gasteiger partial charge in [-0.2, -0.15) is 4.52 Å². The molecule has 0 bridgehead atoms. The van der Waals surface area contributed by atoms with Crippen LogP contribution >= 0.6 is 0 Å². The molecule has 1 atom stereocenters. The fourth-order valence-corrected chi connectivity index (χ4v) is 1.06. The van der Waals surface area contributed by atoms with Gasteiger partial charge in [-0.3, -0.25) is 4.98 Å². The smallest absolute Gasteiger partial charge is 0.199 e. The molecule has 74 valence electrons. The van der Waals surface area contributed by atoms with Gasteiger partial charge in [0.15, 0.2) is 5.65 Å². The molecule has 0 aliphatic rings. The van der Waals surface area contributed by atoms with Gasteiger partial charge in [-0.25, -0.2) is 0 Å². The van der Waals surface area contributed by atoms with E-state index in [0.29, 0.717) is 12.2 Å². The second-order valence-corrected chi connectivity index (χ2v) is 3.10. The third-order valence-corrected chi connectivity index (χ3v) is 1.71. The van der Waals surface area contributed by atoms with Crippen molar-refractivity contribution in [2.75, 3.05) is 11.9 Å². The molecule has 1 unspecified atom stereocenters. The zero-order valence-electron chi connectivity index (χ0n) is 7.75. The van der Waals surface area contributed by atoms with Crippen molar-refractivity contribution in [2.45, 2.75) is 13.0 Å². The Morgan fingerprint density at radius 2 is 2.43 bits per heavy atom. The second kappa shape index (κ2) is 3.54. The summed E-state index contributed by atoms with van der Waals surface area (Å²) in [5, 5.41) is 14.2. The molecule has 0 amide bonds. The van der Waals surface area contributed by atoms with Crippen molar-refractivity contribution in [2.24, 2.45) is 5.73 Å². The summed E-state index contributed by atoms with van der Waals surface area (Å²) in [4.78, 5) is 4.00. The molecule has 0 aliphatic carbocycles. The molecule has 7 heteroatoms. The number of nitrogens with one attached hydrogen (secondary N) is 1. The van der Waals surface area contributed by atoms with Crippen molar-refractivity contribution in [3.8, 4) is 0 Å². The van der Waals surface area contributed by atoms with Gasteiger partial charge >= 0.3 is 0 Å². The van der Waals surface area contributed by atoms with Crippen molar-refractivity contribution in [3.05, 3.63) is 12.4 Å². The van der Waals surface area contributed by atoms with Crippen LogP contribution in [0.1, 0.15) is 6.92 Å². The summed E-state index contributed by atoms with van der Waals surface area (Å²) in [6.45, 7) is 2.57. The average Bonchev–Trinajstić information content (AvgIpc) is 2.62. The minimum atomic E-state index is 0.0711. The van der Waals surface area contributed by atoms with Gasteiger partial charge in [-0.1, -0.05) is 0 Å². The molecule has 2 aromatic rings. The number of hydrogen-bond acceptors (Lipinski definition) is 6. The highest BCUT2D eigenvalue weighted by Gasteiger charge is 2.03. The van der Waals surface area contributed by atoms with Gasteiger partial charge in [0.1, 0.15) is 5.82 Å². The van der Waals surface area contributed by atoms with E-state index in [-0.39, 0.29) is 6.04 Å². The number of nitrogens with zero attached hydrogens (tertiary/aromatic N) is 5. The van der Waals surface area contributed by atoms with E-state index in [9.17, 15) is 0 Å². The zero-order valence-corrected chi connectivity index (χ0v) is 7.75. The monoisotopic (exact) mass is 193 g/mol. The number of hydrogen-bond donors (Lipinski definition) is 2. The quantitative estimate of drug-likeness (QED) is 0.668. The summed E-state index contributed by atoms with van der Waals surface area (Å²) in [6, 6.07) is 0.0711. The molecule has 0 fully saturated rings. The van der Waals surface area contributed by atoms with Crippen molar-refractivity contribution in [1.29, 1.82) is 0 Å². The Morgan fingerprint density at radius 3 is 3.21 bits per heavy atom. The molecule has 0 aliphatic heterocycles. The molecule has 0 radical (unpaired) electrons. The van der Waals surface area contributed by atoms with Crippen molar-refractivity contribution in [1.82, 2.24) is 25.0 Å². The zero-order chi connectivity index (χ0) is 9.97. The fourth-order valence-electron chi connectivity index (χ4n) is 1.06. The SMILES string of the molecule is CC(N)CNc1cncc2nnnn12. The summed E-state index contributed by atoms with van der Waals surface area (Å²) < 4.78 is 1.58. The highest BCUT2D eigenvalue weighted by atomic mass is 15.5. The minimum Gasteiger partial charge on any atom is -0.367 e. The first kappa shape index (κ1) is 8.82. The van der Waals surface area contributed by atoms with Gasteiger partial charge in [-0.05, 0) is 17.4 Å². The van der Waals surface area contributed by atoms with Gasteiger partial charge in [0.25, 0.3) is 0 Å². The number of tetrazole rings is 1. The van der Waals surface area contributed by atoms with Gasteiger partial charge in [0.05, 0.1) is 12.4 Å². The Balaban J connectivity index is 2.27. The summed E-state index contributed by atoms with van der Waals surface area (Å²) in [6.07, 6.45) is 3.25. The first-order valence-corrected chi connectivity index (χ1v) is 4.29. The van der Waals surface area contributed by atoms with E-state index >= 15 is 0 Å². The average molecular weight is 193 g/mol. The Labute approximate surface area is 80.3 Å². The Hall–Kier alpha value is -1.76. The lowest BCUT2D eigenvalue weighted by Crippen LogP contribution is -2.26. The normalized spacial score (nSPS) is 13.0. The van der Waals surface area contributed by atoms with E-state index in [2.05, 4.69) is 25.8 Å². The number of aromatic nitrogens is 5. The maximum absolute atomic E-state index is 5.62. The molecule has 0 aromatic carbocycles. The van der Waals surface area contributed by atoms with E-state index in [1.807, 2.05) is 6.92 Å². The van der Waals surface area contributed by atoms with E-state index in [0.717, 1.165) is 5.82 Å². The molecule has 2 heterocycles. The molecule has 0 saturated heterocycles. The number of nitrogens with two attached hydrogens (primary N) is 1. The summed E-state index contributed by atoms with van der Waals surface area (Å²) in [5.74, 6) is 0.741. The first-order chi connectivity index (χ1) is 6.77. The third-order valence-electron chi connectivity index (χ3n) is 1.71. The van der Waals surface area contributed by atoms with Crippen molar-refractivity contribution < 1.29 is 0 Å².